The van der Waals surface area contributed by atoms with Crippen molar-refractivity contribution in [2.24, 2.45) is 4.40 Å². The van der Waals surface area contributed by atoms with Crippen molar-refractivity contribution in [2.45, 2.75) is 38.9 Å². The Morgan fingerprint density at radius 2 is 2.19 bits per heavy atom. The van der Waals surface area contributed by atoms with Crippen LogP contribution >= 0.6 is 11.9 Å². The maximum atomic E-state index is 5.73. The molecule has 0 bridgehead atoms. The van der Waals surface area contributed by atoms with E-state index in [9.17, 15) is 0 Å². The first kappa shape index (κ1) is 13.3. The van der Waals surface area contributed by atoms with E-state index in [1.807, 2.05) is 6.07 Å². The third kappa shape index (κ3) is 4.39. The molecule has 84 valence electrons. The third-order valence-electron chi connectivity index (χ3n) is 1.84. The van der Waals surface area contributed by atoms with E-state index < -0.39 is 0 Å². The minimum atomic E-state index is 0.126. The van der Waals surface area contributed by atoms with Crippen LogP contribution in [0.15, 0.2) is 22.7 Å². The van der Waals surface area contributed by atoms with Crippen LogP contribution < -0.4 is 5.46 Å². The number of hydrogen-bond acceptors (Lipinski definition) is 3. The van der Waals surface area contributed by atoms with Gasteiger partial charge in [-0.15, -0.1) is 0 Å². The van der Waals surface area contributed by atoms with Crippen LogP contribution in [0.1, 0.15) is 39.8 Å². The summed E-state index contributed by atoms with van der Waals surface area (Å²) in [5, 5.41) is 0. The summed E-state index contributed by atoms with van der Waals surface area (Å²) in [6.07, 6.45) is 2.58. The van der Waals surface area contributed by atoms with Crippen LogP contribution in [0.25, 0.3) is 0 Å². The smallest absolute Gasteiger partial charge is 0.113 e. The highest BCUT2D eigenvalue weighted by Crippen LogP contribution is 2.25. The van der Waals surface area contributed by atoms with Crippen molar-refractivity contribution in [3.8, 4) is 0 Å². The number of nitrogens with zero attached hydrogens (tertiary/aromatic N) is 2. The van der Waals surface area contributed by atoms with Crippen LogP contribution in [0.3, 0.4) is 0 Å². The molecule has 2 nitrogen and oxygen atoms in total. The van der Waals surface area contributed by atoms with Gasteiger partial charge in [-0.3, -0.25) is 4.98 Å². The summed E-state index contributed by atoms with van der Waals surface area (Å²) in [7, 11) is 5.73. The molecule has 1 aromatic heterocycles. The third-order valence-corrected chi connectivity index (χ3v) is 2.70. The van der Waals surface area contributed by atoms with Crippen LogP contribution in [0.2, 0.25) is 0 Å². The molecule has 4 heteroatoms. The Morgan fingerprint density at radius 1 is 1.50 bits per heavy atom. The molecule has 0 fully saturated rings. The van der Waals surface area contributed by atoms with Crippen molar-refractivity contribution >= 4 is 31.0 Å². The average molecular weight is 232 g/mol. The summed E-state index contributed by atoms with van der Waals surface area (Å²) in [6.45, 7) is 8.50. The Balaban J connectivity index is 2.90. The SMILES string of the molecule is [B]c1ccnc(/C(CC)=N/SC(C)(C)C)c1. The maximum absolute atomic E-state index is 5.73. The lowest BCUT2D eigenvalue weighted by atomic mass is 9.96. The van der Waals surface area contributed by atoms with Crippen molar-refractivity contribution < 1.29 is 0 Å². The van der Waals surface area contributed by atoms with Gasteiger partial charge in [0.05, 0.1) is 11.4 Å². The van der Waals surface area contributed by atoms with Crippen LogP contribution in [-0.4, -0.2) is 23.3 Å². The number of pyridine rings is 1. The molecular formula is C12H17BN2S. The molecule has 0 amide bonds. The van der Waals surface area contributed by atoms with Crippen molar-refractivity contribution in [3.05, 3.63) is 24.0 Å². The standard InChI is InChI=1S/C12H17BN2S/c1-5-10(15-16-12(2,3)4)11-8-9(13)6-7-14-11/h6-8H,5H2,1-4H3/b15-10+. The van der Waals surface area contributed by atoms with Gasteiger partial charge >= 0.3 is 0 Å². The largest absolute Gasteiger partial charge is 0.255 e. The molecule has 0 saturated heterocycles. The number of hydrogen-bond donors (Lipinski definition) is 0. The molecule has 0 aromatic carbocycles. The van der Waals surface area contributed by atoms with Crippen molar-refractivity contribution in [1.82, 2.24) is 4.98 Å². The molecule has 1 rings (SSSR count). The summed E-state index contributed by atoms with van der Waals surface area (Å²) in [4.78, 5) is 4.29. The Labute approximate surface area is 104 Å². The second-order valence-corrected chi connectivity index (χ2v) is 6.16. The summed E-state index contributed by atoms with van der Waals surface area (Å²) in [5.74, 6) is 0. The van der Waals surface area contributed by atoms with Gasteiger partial charge in [-0.05, 0) is 45.2 Å². The zero-order valence-corrected chi connectivity index (χ0v) is 11.1. The number of rotatable bonds is 3. The van der Waals surface area contributed by atoms with E-state index in [0.717, 1.165) is 23.3 Å². The second kappa shape index (κ2) is 5.53. The van der Waals surface area contributed by atoms with E-state index in [0.29, 0.717) is 0 Å². The van der Waals surface area contributed by atoms with Crippen molar-refractivity contribution in [3.63, 3.8) is 0 Å². The van der Waals surface area contributed by atoms with Gasteiger partial charge in [-0.25, -0.2) is 4.40 Å². The number of aromatic nitrogens is 1. The fourth-order valence-electron chi connectivity index (χ4n) is 1.09. The van der Waals surface area contributed by atoms with Gasteiger partial charge in [0, 0.05) is 10.9 Å². The molecule has 0 unspecified atom stereocenters. The summed E-state index contributed by atoms with van der Waals surface area (Å²) in [6, 6.07) is 3.65. The summed E-state index contributed by atoms with van der Waals surface area (Å²) >= 11 is 1.57. The fraction of sp³-hybridized carbons (Fsp3) is 0.500. The molecule has 1 aromatic rings. The molecule has 0 aliphatic rings. The molecule has 0 spiro atoms. The molecular weight excluding hydrogens is 215 g/mol. The average Bonchev–Trinajstić information content (AvgIpc) is 2.17. The zero-order valence-electron chi connectivity index (χ0n) is 10.3. The van der Waals surface area contributed by atoms with E-state index in [-0.39, 0.29) is 4.75 Å². The van der Waals surface area contributed by atoms with Gasteiger partial charge in [0.25, 0.3) is 0 Å². The highest BCUT2D eigenvalue weighted by Gasteiger charge is 2.11. The molecule has 0 aliphatic carbocycles. The van der Waals surface area contributed by atoms with Crippen LogP contribution in [0.4, 0.5) is 0 Å². The fourth-order valence-corrected chi connectivity index (χ4v) is 1.70. The molecule has 0 N–H and O–H groups in total. The van der Waals surface area contributed by atoms with Crippen LogP contribution in [0.5, 0.6) is 0 Å². The highest BCUT2D eigenvalue weighted by molar-refractivity contribution is 7.99. The molecule has 2 radical (unpaired) electrons. The van der Waals surface area contributed by atoms with Crippen LogP contribution in [0, 0.1) is 0 Å². The van der Waals surface area contributed by atoms with Gasteiger partial charge in [0.15, 0.2) is 0 Å². The topological polar surface area (TPSA) is 25.2 Å². The quantitative estimate of drug-likeness (QED) is 0.454. The van der Waals surface area contributed by atoms with E-state index in [1.165, 1.54) is 0 Å². The Morgan fingerprint density at radius 3 is 2.69 bits per heavy atom. The van der Waals surface area contributed by atoms with Gasteiger partial charge < -0.3 is 0 Å². The molecule has 0 aliphatic heterocycles. The lowest BCUT2D eigenvalue weighted by Gasteiger charge is -2.14. The second-order valence-electron chi connectivity index (χ2n) is 4.57. The van der Waals surface area contributed by atoms with E-state index in [2.05, 4.69) is 37.1 Å². The highest BCUT2D eigenvalue weighted by atomic mass is 32.2. The monoisotopic (exact) mass is 232 g/mol. The molecule has 0 saturated carbocycles. The van der Waals surface area contributed by atoms with Gasteiger partial charge in [-0.1, -0.05) is 18.5 Å². The first-order chi connectivity index (χ1) is 7.42. The predicted octanol–water partition coefficient (Wildman–Crippen LogP) is 2.52. The first-order valence-corrected chi connectivity index (χ1v) is 6.16. The lowest BCUT2D eigenvalue weighted by molar-refractivity contribution is 0.804. The van der Waals surface area contributed by atoms with Crippen molar-refractivity contribution in [1.29, 1.82) is 0 Å². The molecule has 16 heavy (non-hydrogen) atoms. The van der Waals surface area contributed by atoms with Gasteiger partial charge in [0.2, 0.25) is 0 Å². The zero-order chi connectivity index (χ0) is 12.2. The first-order valence-electron chi connectivity index (χ1n) is 5.39. The van der Waals surface area contributed by atoms with E-state index in [1.54, 1.807) is 24.2 Å². The van der Waals surface area contributed by atoms with Crippen molar-refractivity contribution in [2.75, 3.05) is 0 Å². The molecule has 1 heterocycles. The predicted molar refractivity (Wildman–Crippen MR) is 73.8 cm³/mol. The summed E-state index contributed by atoms with van der Waals surface area (Å²) < 4.78 is 4.67. The normalized spacial score (nSPS) is 12.9. The minimum Gasteiger partial charge on any atom is -0.255 e. The van der Waals surface area contributed by atoms with Gasteiger partial charge in [0.1, 0.15) is 7.85 Å². The Hall–Kier alpha value is -0.765. The lowest BCUT2D eigenvalue weighted by Crippen LogP contribution is -2.11. The van der Waals surface area contributed by atoms with Crippen LogP contribution in [-0.2, 0) is 0 Å². The van der Waals surface area contributed by atoms with E-state index >= 15 is 0 Å². The Bertz CT molecular complexity index is 383. The summed E-state index contributed by atoms with van der Waals surface area (Å²) in [5.41, 5.74) is 2.60. The Kier molecular flexibility index (Phi) is 4.60. The maximum Gasteiger partial charge on any atom is 0.113 e. The van der Waals surface area contributed by atoms with E-state index in [4.69, 9.17) is 7.85 Å². The molecule has 0 atom stereocenters. The minimum absolute atomic E-state index is 0.126. The van der Waals surface area contributed by atoms with Gasteiger partial charge in [-0.2, -0.15) is 0 Å².